The summed E-state index contributed by atoms with van der Waals surface area (Å²) in [5, 5.41) is 17.1. The summed E-state index contributed by atoms with van der Waals surface area (Å²) in [4.78, 5) is 0. The minimum atomic E-state index is -0.278. The van der Waals surface area contributed by atoms with Gasteiger partial charge in [-0.3, -0.25) is 5.32 Å². The average molecular weight is 359 g/mol. The van der Waals surface area contributed by atoms with E-state index in [0.717, 1.165) is 21.3 Å². The summed E-state index contributed by atoms with van der Waals surface area (Å²) in [6, 6.07) is 15.6. The smallest absolute Gasteiger partial charge is 0.120 e. The molecule has 1 atom stereocenters. The van der Waals surface area contributed by atoms with E-state index in [1.165, 1.54) is 0 Å². The number of phenols is 1. The molecule has 2 aromatic rings. The highest BCUT2D eigenvalue weighted by Gasteiger charge is 2.29. The molecule has 0 saturated heterocycles. The summed E-state index contributed by atoms with van der Waals surface area (Å²) >= 11 is 3.52. The fraction of sp³-hybridized carbons (Fsp3) is 0.222. The molecule has 0 aromatic heterocycles. The Kier molecular flexibility index (Phi) is 3.98. The van der Waals surface area contributed by atoms with Crippen LogP contribution in [0.1, 0.15) is 31.0 Å². The molecule has 2 aromatic carbocycles. The Morgan fingerprint density at radius 1 is 1.09 bits per heavy atom. The van der Waals surface area contributed by atoms with Gasteiger partial charge in [-0.2, -0.15) is 0 Å². The van der Waals surface area contributed by atoms with Crippen molar-refractivity contribution in [3.05, 3.63) is 70.2 Å². The minimum absolute atomic E-state index is 0.0496. The van der Waals surface area contributed by atoms with Crippen LogP contribution in [0, 0.1) is 0 Å². The first kappa shape index (κ1) is 15.1. The van der Waals surface area contributed by atoms with E-state index in [-0.39, 0.29) is 11.7 Å². The molecule has 4 heteroatoms. The summed E-state index contributed by atoms with van der Waals surface area (Å²) < 4.78 is 1.04. The van der Waals surface area contributed by atoms with Crippen molar-refractivity contribution in [1.82, 2.24) is 10.6 Å². The van der Waals surface area contributed by atoms with Crippen molar-refractivity contribution in [3.63, 3.8) is 0 Å². The molecule has 1 heterocycles. The normalized spacial score (nSPS) is 20.1. The molecule has 3 N–H and O–H groups in total. The van der Waals surface area contributed by atoms with E-state index in [1.807, 2.05) is 30.3 Å². The molecule has 22 heavy (non-hydrogen) atoms. The largest absolute Gasteiger partial charge is 0.508 e. The molecule has 0 bridgehead atoms. The third-order valence-corrected chi connectivity index (χ3v) is 4.20. The van der Waals surface area contributed by atoms with Gasteiger partial charge in [0.2, 0.25) is 0 Å². The monoisotopic (exact) mass is 358 g/mol. The highest BCUT2D eigenvalue weighted by atomic mass is 79.9. The maximum Gasteiger partial charge on any atom is 0.120 e. The molecular formula is C18H19BrN2O. The Labute approximate surface area is 139 Å². The Hall–Kier alpha value is -1.78. The van der Waals surface area contributed by atoms with Gasteiger partial charge in [0.25, 0.3) is 0 Å². The number of para-hydroxylation sites is 1. The standard InChI is InChI=1S/C18H19BrN2O/c1-18(2)20-15(12-6-5-7-13(19)10-12)11-16(21-18)14-8-3-4-9-17(14)22/h3-11,16,20-22H,1-2H3. The van der Waals surface area contributed by atoms with Gasteiger partial charge in [0, 0.05) is 15.7 Å². The molecule has 0 spiro atoms. The Morgan fingerprint density at radius 3 is 2.59 bits per heavy atom. The molecule has 0 amide bonds. The lowest BCUT2D eigenvalue weighted by atomic mass is 9.97. The van der Waals surface area contributed by atoms with Crippen LogP contribution in [0.15, 0.2) is 59.1 Å². The van der Waals surface area contributed by atoms with Crippen molar-refractivity contribution in [1.29, 1.82) is 0 Å². The molecule has 1 unspecified atom stereocenters. The molecule has 1 aliphatic rings. The quantitative estimate of drug-likeness (QED) is 0.754. The zero-order valence-corrected chi connectivity index (χ0v) is 14.2. The highest BCUT2D eigenvalue weighted by molar-refractivity contribution is 9.10. The van der Waals surface area contributed by atoms with Gasteiger partial charge in [-0.1, -0.05) is 46.3 Å². The van der Waals surface area contributed by atoms with Crippen LogP contribution >= 0.6 is 15.9 Å². The van der Waals surface area contributed by atoms with Gasteiger partial charge in [0.15, 0.2) is 0 Å². The van der Waals surface area contributed by atoms with Gasteiger partial charge >= 0.3 is 0 Å². The molecule has 1 aliphatic heterocycles. The molecule has 3 rings (SSSR count). The molecule has 0 radical (unpaired) electrons. The first-order valence-electron chi connectivity index (χ1n) is 7.26. The van der Waals surface area contributed by atoms with E-state index in [0.29, 0.717) is 5.75 Å². The number of rotatable bonds is 2. The average Bonchev–Trinajstić information content (AvgIpc) is 2.46. The minimum Gasteiger partial charge on any atom is -0.508 e. The number of halogens is 1. The van der Waals surface area contributed by atoms with Crippen molar-refractivity contribution < 1.29 is 5.11 Å². The summed E-state index contributed by atoms with van der Waals surface area (Å²) in [5.41, 5.74) is 2.77. The van der Waals surface area contributed by atoms with Crippen LogP contribution in [0.25, 0.3) is 5.70 Å². The summed E-state index contributed by atoms with van der Waals surface area (Å²) in [6.07, 6.45) is 2.11. The number of nitrogens with one attached hydrogen (secondary N) is 2. The van der Waals surface area contributed by atoms with Gasteiger partial charge in [-0.05, 0) is 43.7 Å². The van der Waals surface area contributed by atoms with Gasteiger partial charge in [0.05, 0.1) is 11.7 Å². The predicted octanol–water partition coefficient (Wildman–Crippen LogP) is 4.17. The van der Waals surface area contributed by atoms with Crippen LogP contribution in [0.2, 0.25) is 0 Å². The second kappa shape index (κ2) is 5.78. The predicted molar refractivity (Wildman–Crippen MR) is 93.3 cm³/mol. The van der Waals surface area contributed by atoms with E-state index in [9.17, 15) is 5.11 Å². The van der Waals surface area contributed by atoms with Crippen LogP contribution in [-0.4, -0.2) is 10.8 Å². The van der Waals surface area contributed by atoms with Crippen LogP contribution in [0.5, 0.6) is 5.75 Å². The van der Waals surface area contributed by atoms with E-state index in [4.69, 9.17) is 0 Å². The zero-order chi connectivity index (χ0) is 15.7. The fourth-order valence-electron chi connectivity index (χ4n) is 2.75. The second-order valence-electron chi connectivity index (χ2n) is 6.02. The molecule has 114 valence electrons. The van der Waals surface area contributed by atoms with E-state index in [2.05, 4.69) is 58.6 Å². The molecule has 0 aliphatic carbocycles. The van der Waals surface area contributed by atoms with Crippen molar-refractivity contribution in [2.24, 2.45) is 0 Å². The van der Waals surface area contributed by atoms with Crippen LogP contribution < -0.4 is 10.6 Å². The lowest BCUT2D eigenvalue weighted by Crippen LogP contribution is -2.54. The van der Waals surface area contributed by atoms with Gasteiger partial charge < -0.3 is 10.4 Å². The zero-order valence-electron chi connectivity index (χ0n) is 12.6. The van der Waals surface area contributed by atoms with Crippen LogP contribution in [-0.2, 0) is 0 Å². The highest BCUT2D eigenvalue weighted by Crippen LogP contribution is 2.32. The van der Waals surface area contributed by atoms with E-state index < -0.39 is 0 Å². The third-order valence-electron chi connectivity index (χ3n) is 3.70. The maximum absolute atomic E-state index is 10.1. The van der Waals surface area contributed by atoms with Gasteiger partial charge in [-0.25, -0.2) is 0 Å². The van der Waals surface area contributed by atoms with Crippen molar-refractivity contribution in [2.75, 3.05) is 0 Å². The first-order chi connectivity index (χ1) is 10.4. The Bertz CT molecular complexity index is 725. The number of hydrogen-bond donors (Lipinski definition) is 3. The number of benzene rings is 2. The van der Waals surface area contributed by atoms with Gasteiger partial charge in [0.1, 0.15) is 5.75 Å². The summed E-state index contributed by atoms with van der Waals surface area (Å²) in [6.45, 7) is 4.18. The number of hydrogen-bond acceptors (Lipinski definition) is 3. The second-order valence-corrected chi connectivity index (χ2v) is 6.94. The SMILES string of the molecule is CC1(C)NC(c2cccc(Br)c2)=CC(c2ccccc2O)N1. The van der Waals surface area contributed by atoms with Crippen molar-refractivity contribution in [3.8, 4) is 5.75 Å². The maximum atomic E-state index is 10.1. The van der Waals surface area contributed by atoms with Crippen molar-refractivity contribution >= 4 is 21.6 Å². The lowest BCUT2D eigenvalue weighted by molar-refractivity contribution is 0.313. The molecule has 0 fully saturated rings. The van der Waals surface area contributed by atoms with Crippen LogP contribution in [0.4, 0.5) is 0 Å². The van der Waals surface area contributed by atoms with Crippen molar-refractivity contribution in [2.45, 2.75) is 25.6 Å². The number of aromatic hydroxyl groups is 1. The lowest BCUT2D eigenvalue weighted by Gasteiger charge is -2.38. The van der Waals surface area contributed by atoms with Crippen LogP contribution in [0.3, 0.4) is 0 Å². The molecule has 3 nitrogen and oxygen atoms in total. The topological polar surface area (TPSA) is 44.3 Å². The van der Waals surface area contributed by atoms with Gasteiger partial charge in [-0.15, -0.1) is 0 Å². The Morgan fingerprint density at radius 2 is 1.86 bits per heavy atom. The third kappa shape index (κ3) is 3.18. The summed E-state index contributed by atoms with van der Waals surface area (Å²) in [7, 11) is 0. The molecule has 0 saturated carbocycles. The number of phenolic OH excluding ortho intramolecular Hbond substituents is 1. The van der Waals surface area contributed by atoms with E-state index >= 15 is 0 Å². The fourth-order valence-corrected chi connectivity index (χ4v) is 3.15. The Balaban J connectivity index is 2.04. The van der Waals surface area contributed by atoms with E-state index in [1.54, 1.807) is 6.07 Å². The summed E-state index contributed by atoms with van der Waals surface area (Å²) in [5.74, 6) is 0.308. The first-order valence-corrected chi connectivity index (χ1v) is 8.05. The molecular weight excluding hydrogens is 340 g/mol.